The summed E-state index contributed by atoms with van der Waals surface area (Å²) in [6.07, 6.45) is 3.51. The van der Waals surface area contributed by atoms with E-state index < -0.39 is 4.92 Å². The van der Waals surface area contributed by atoms with Gasteiger partial charge in [0.1, 0.15) is 5.75 Å². The lowest BCUT2D eigenvalue weighted by molar-refractivity contribution is -0.384. The molecule has 4 aromatic rings. The van der Waals surface area contributed by atoms with E-state index in [1.807, 2.05) is 36.4 Å². The summed E-state index contributed by atoms with van der Waals surface area (Å²) in [6.45, 7) is 0. The molecule has 1 aromatic heterocycles. The first-order valence-electron chi connectivity index (χ1n) is 8.85. The van der Waals surface area contributed by atoms with Crippen LogP contribution in [0.3, 0.4) is 0 Å². The molecule has 142 valence electrons. The van der Waals surface area contributed by atoms with Crippen molar-refractivity contribution in [3.05, 3.63) is 100 Å². The maximum atomic E-state index is 10.8. The molecule has 0 fully saturated rings. The number of benzene rings is 3. The zero-order valence-corrected chi connectivity index (χ0v) is 15.2. The third kappa shape index (κ3) is 3.89. The second-order valence-electron chi connectivity index (χ2n) is 6.24. The number of rotatable bonds is 5. The van der Waals surface area contributed by atoms with Crippen LogP contribution >= 0.6 is 0 Å². The number of para-hydroxylation sites is 2. The Morgan fingerprint density at radius 3 is 2.28 bits per heavy atom. The van der Waals surface area contributed by atoms with Gasteiger partial charge in [0.15, 0.2) is 11.6 Å². The average molecular weight is 384 g/mol. The standard InChI is InChI=1S/C22H16N4O3/c27-20-9-5-4-8-19(20)22-23-21(24-25(22)17-6-2-1-3-7-17)15-12-16-10-13-18(14-11-16)26(28)29/h1-15,27H/b15-12+. The van der Waals surface area contributed by atoms with Crippen molar-refractivity contribution in [1.82, 2.24) is 14.8 Å². The summed E-state index contributed by atoms with van der Waals surface area (Å²) in [4.78, 5) is 14.9. The van der Waals surface area contributed by atoms with Crippen LogP contribution in [0, 0.1) is 10.1 Å². The fourth-order valence-electron chi connectivity index (χ4n) is 2.86. The normalized spacial score (nSPS) is 11.0. The molecular weight excluding hydrogens is 368 g/mol. The molecule has 0 amide bonds. The fourth-order valence-corrected chi connectivity index (χ4v) is 2.86. The van der Waals surface area contributed by atoms with E-state index >= 15 is 0 Å². The van der Waals surface area contributed by atoms with Crippen LogP contribution in [0.15, 0.2) is 78.9 Å². The first-order valence-corrected chi connectivity index (χ1v) is 8.85. The zero-order valence-electron chi connectivity index (χ0n) is 15.2. The number of non-ortho nitro benzene ring substituents is 1. The molecule has 7 heteroatoms. The molecular formula is C22H16N4O3. The van der Waals surface area contributed by atoms with E-state index in [9.17, 15) is 15.2 Å². The second-order valence-corrected chi connectivity index (χ2v) is 6.24. The van der Waals surface area contributed by atoms with Crippen molar-refractivity contribution in [3.8, 4) is 22.8 Å². The maximum Gasteiger partial charge on any atom is 0.269 e. The van der Waals surface area contributed by atoms with Gasteiger partial charge in [0.2, 0.25) is 0 Å². The van der Waals surface area contributed by atoms with Crippen molar-refractivity contribution in [3.63, 3.8) is 0 Å². The quantitative estimate of drug-likeness (QED) is 0.397. The highest BCUT2D eigenvalue weighted by atomic mass is 16.6. The zero-order chi connectivity index (χ0) is 20.2. The molecule has 3 aromatic carbocycles. The van der Waals surface area contributed by atoms with Gasteiger partial charge in [-0.15, -0.1) is 5.10 Å². The number of nitro groups is 1. The minimum Gasteiger partial charge on any atom is -0.507 e. The highest BCUT2D eigenvalue weighted by Gasteiger charge is 2.15. The molecule has 0 radical (unpaired) electrons. The molecule has 0 atom stereocenters. The summed E-state index contributed by atoms with van der Waals surface area (Å²) in [6, 6.07) is 22.7. The molecule has 1 heterocycles. The van der Waals surface area contributed by atoms with Crippen LogP contribution in [0.2, 0.25) is 0 Å². The minimum atomic E-state index is -0.435. The van der Waals surface area contributed by atoms with Crippen LogP contribution in [-0.2, 0) is 0 Å². The van der Waals surface area contributed by atoms with E-state index in [-0.39, 0.29) is 11.4 Å². The third-order valence-corrected chi connectivity index (χ3v) is 4.30. The van der Waals surface area contributed by atoms with Crippen molar-refractivity contribution in [2.24, 2.45) is 0 Å². The van der Waals surface area contributed by atoms with Crippen LogP contribution in [0.1, 0.15) is 11.4 Å². The van der Waals surface area contributed by atoms with Crippen molar-refractivity contribution in [1.29, 1.82) is 0 Å². The monoisotopic (exact) mass is 384 g/mol. The summed E-state index contributed by atoms with van der Waals surface area (Å²) in [5.41, 5.74) is 2.21. The van der Waals surface area contributed by atoms with Crippen LogP contribution in [-0.4, -0.2) is 24.8 Å². The highest BCUT2D eigenvalue weighted by Crippen LogP contribution is 2.29. The van der Waals surface area contributed by atoms with Gasteiger partial charge in [-0.3, -0.25) is 10.1 Å². The number of aromatic hydroxyl groups is 1. The number of phenols is 1. The van der Waals surface area contributed by atoms with Gasteiger partial charge in [0.25, 0.3) is 5.69 Å². The molecule has 4 rings (SSSR count). The Morgan fingerprint density at radius 1 is 0.897 bits per heavy atom. The van der Waals surface area contributed by atoms with Crippen LogP contribution in [0.5, 0.6) is 5.75 Å². The Hall–Kier alpha value is -4.26. The molecule has 7 nitrogen and oxygen atoms in total. The molecule has 0 bridgehead atoms. The van der Waals surface area contributed by atoms with E-state index in [0.717, 1.165) is 11.3 Å². The number of phenolic OH excluding ortho intramolecular Hbond substituents is 1. The van der Waals surface area contributed by atoms with Crippen LogP contribution in [0.4, 0.5) is 5.69 Å². The number of nitro benzene ring substituents is 1. The topological polar surface area (TPSA) is 94.1 Å². The summed E-state index contributed by atoms with van der Waals surface area (Å²) in [7, 11) is 0. The molecule has 0 aliphatic heterocycles. The van der Waals surface area contributed by atoms with Gasteiger partial charge in [-0.25, -0.2) is 9.67 Å². The number of nitrogens with zero attached hydrogens (tertiary/aromatic N) is 4. The molecule has 0 saturated carbocycles. The van der Waals surface area contributed by atoms with Gasteiger partial charge < -0.3 is 5.11 Å². The summed E-state index contributed by atoms with van der Waals surface area (Å²) < 4.78 is 1.67. The highest BCUT2D eigenvalue weighted by molar-refractivity contribution is 5.70. The summed E-state index contributed by atoms with van der Waals surface area (Å²) in [5.74, 6) is 1.08. The Labute approximate surface area is 166 Å². The number of hydrogen-bond acceptors (Lipinski definition) is 5. The Morgan fingerprint density at radius 2 is 1.59 bits per heavy atom. The Balaban J connectivity index is 1.73. The van der Waals surface area contributed by atoms with Crippen LogP contribution < -0.4 is 0 Å². The van der Waals surface area contributed by atoms with E-state index in [0.29, 0.717) is 17.2 Å². The predicted molar refractivity (Wildman–Crippen MR) is 110 cm³/mol. The SMILES string of the molecule is O=[N+]([O-])c1ccc(/C=C/c2nc(-c3ccccc3O)n(-c3ccccc3)n2)cc1. The third-order valence-electron chi connectivity index (χ3n) is 4.30. The van der Waals surface area contributed by atoms with Crippen LogP contribution in [0.25, 0.3) is 29.2 Å². The van der Waals surface area contributed by atoms with Gasteiger partial charge in [0.05, 0.1) is 16.2 Å². The van der Waals surface area contributed by atoms with Crippen molar-refractivity contribution in [2.75, 3.05) is 0 Å². The fraction of sp³-hybridized carbons (Fsp3) is 0. The molecule has 1 N–H and O–H groups in total. The molecule has 29 heavy (non-hydrogen) atoms. The first-order chi connectivity index (χ1) is 14.1. The van der Waals surface area contributed by atoms with Gasteiger partial charge in [-0.1, -0.05) is 36.4 Å². The smallest absolute Gasteiger partial charge is 0.269 e. The van der Waals surface area contributed by atoms with Crippen molar-refractivity contribution >= 4 is 17.8 Å². The largest absolute Gasteiger partial charge is 0.507 e. The van der Waals surface area contributed by atoms with Gasteiger partial charge in [-0.2, -0.15) is 0 Å². The number of hydrogen-bond donors (Lipinski definition) is 1. The van der Waals surface area contributed by atoms with Gasteiger partial charge >= 0.3 is 0 Å². The second kappa shape index (κ2) is 7.77. The number of aromatic nitrogens is 3. The predicted octanol–water partition coefficient (Wildman–Crippen LogP) is 4.72. The lowest BCUT2D eigenvalue weighted by Crippen LogP contribution is -1.99. The summed E-state index contributed by atoms with van der Waals surface area (Å²) in [5, 5.41) is 25.6. The lowest BCUT2D eigenvalue weighted by atomic mass is 10.2. The first kappa shape index (κ1) is 18.1. The van der Waals surface area contributed by atoms with Crippen molar-refractivity contribution < 1.29 is 10.0 Å². The Bertz CT molecular complexity index is 1180. The van der Waals surface area contributed by atoms with E-state index in [1.165, 1.54) is 12.1 Å². The molecule has 0 unspecified atom stereocenters. The Kier molecular flexibility index (Phi) is 4.86. The van der Waals surface area contributed by atoms with Crippen molar-refractivity contribution in [2.45, 2.75) is 0 Å². The molecule has 0 aliphatic rings. The maximum absolute atomic E-state index is 10.8. The lowest BCUT2D eigenvalue weighted by Gasteiger charge is -2.06. The average Bonchev–Trinajstić information content (AvgIpc) is 3.17. The summed E-state index contributed by atoms with van der Waals surface area (Å²) >= 11 is 0. The van der Waals surface area contributed by atoms with E-state index in [2.05, 4.69) is 10.1 Å². The van der Waals surface area contributed by atoms with Gasteiger partial charge in [-0.05, 0) is 48.0 Å². The molecule has 0 saturated heterocycles. The molecule has 0 aliphatic carbocycles. The van der Waals surface area contributed by atoms with Gasteiger partial charge in [0, 0.05) is 12.1 Å². The molecule has 0 spiro atoms. The van der Waals surface area contributed by atoms with E-state index in [1.54, 1.807) is 47.2 Å². The van der Waals surface area contributed by atoms with E-state index in [4.69, 9.17) is 0 Å². The minimum absolute atomic E-state index is 0.0375.